The van der Waals surface area contributed by atoms with Crippen molar-refractivity contribution in [3.05, 3.63) is 46.4 Å². The van der Waals surface area contributed by atoms with Crippen molar-refractivity contribution in [1.29, 1.82) is 0 Å². The van der Waals surface area contributed by atoms with Crippen molar-refractivity contribution < 1.29 is 14.3 Å². The van der Waals surface area contributed by atoms with Gasteiger partial charge in [0.1, 0.15) is 17.0 Å². The maximum atomic E-state index is 12.2. The third-order valence-corrected chi connectivity index (χ3v) is 5.38. The monoisotopic (exact) mass is 448 g/mol. The van der Waals surface area contributed by atoms with Gasteiger partial charge in [-0.05, 0) is 59.1 Å². The summed E-state index contributed by atoms with van der Waals surface area (Å²) in [6.45, 7) is 4.55. The second-order valence-corrected chi connectivity index (χ2v) is 7.79. The molecule has 0 fully saturated rings. The molecule has 0 spiro atoms. The van der Waals surface area contributed by atoms with E-state index in [1.165, 1.54) is 16.9 Å². The predicted molar refractivity (Wildman–Crippen MR) is 113 cm³/mol. The molecule has 0 aliphatic rings. The Labute approximate surface area is 170 Å². The van der Waals surface area contributed by atoms with E-state index in [9.17, 15) is 4.79 Å². The molecule has 142 valence electrons. The maximum absolute atomic E-state index is 12.2. The Kier molecular flexibility index (Phi) is 6.68. The van der Waals surface area contributed by atoms with E-state index in [0.29, 0.717) is 17.5 Å². The molecule has 0 aliphatic heterocycles. The highest BCUT2D eigenvalue weighted by Crippen LogP contribution is 2.32. The van der Waals surface area contributed by atoms with Crippen LogP contribution in [0.25, 0.3) is 10.2 Å². The number of amides is 1. The third kappa shape index (κ3) is 4.99. The summed E-state index contributed by atoms with van der Waals surface area (Å²) in [5, 5.41) is 3.33. The SMILES string of the molecule is CCCc1ccc(OCC(=O)Nc2nc3c(OCC)cccc3s2)c(Br)c1. The van der Waals surface area contributed by atoms with Crippen molar-refractivity contribution in [2.75, 3.05) is 18.5 Å². The van der Waals surface area contributed by atoms with Gasteiger partial charge in [-0.1, -0.05) is 36.8 Å². The number of benzene rings is 2. The molecule has 27 heavy (non-hydrogen) atoms. The Balaban J connectivity index is 1.63. The van der Waals surface area contributed by atoms with Gasteiger partial charge in [-0.15, -0.1) is 0 Å². The van der Waals surface area contributed by atoms with Crippen molar-refractivity contribution in [2.45, 2.75) is 26.7 Å². The summed E-state index contributed by atoms with van der Waals surface area (Å²) in [6.07, 6.45) is 2.10. The zero-order valence-electron chi connectivity index (χ0n) is 15.3. The summed E-state index contributed by atoms with van der Waals surface area (Å²) in [6, 6.07) is 11.7. The molecule has 3 aromatic rings. The molecule has 7 heteroatoms. The van der Waals surface area contributed by atoms with Gasteiger partial charge in [-0.25, -0.2) is 4.98 Å². The molecule has 0 atom stereocenters. The van der Waals surface area contributed by atoms with Crippen LogP contribution in [0.2, 0.25) is 0 Å². The van der Waals surface area contributed by atoms with Crippen LogP contribution in [0.1, 0.15) is 25.8 Å². The Morgan fingerprint density at radius 3 is 2.78 bits per heavy atom. The smallest absolute Gasteiger partial charge is 0.264 e. The van der Waals surface area contributed by atoms with E-state index in [0.717, 1.165) is 33.3 Å². The molecule has 0 aliphatic carbocycles. The van der Waals surface area contributed by atoms with Crippen LogP contribution in [-0.4, -0.2) is 24.1 Å². The zero-order chi connectivity index (χ0) is 19.2. The Morgan fingerprint density at radius 2 is 2.04 bits per heavy atom. The number of halogens is 1. The van der Waals surface area contributed by atoms with Gasteiger partial charge in [0.15, 0.2) is 11.7 Å². The number of ether oxygens (including phenoxy) is 2. The number of thiazole rings is 1. The number of nitrogens with one attached hydrogen (secondary N) is 1. The molecule has 0 unspecified atom stereocenters. The zero-order valence-corrected chi connectivity index (χ0v) is 17.7. The molecule has 1 amide bonds. The molecule has 1 N–H and O–H groups in total. The highest BCUT2D eigenvalue weighted by Gasteiger charge is 2.12. The fraction of sp³-hybridized carbons (Fsp3) is 0.300. The van der Waals surface area contributed by atoms with E-state index in [1.54, 1.807) is 0 Å². The fourth-order valence-electron chi connectivity index (χ4n) is 2.65. The number of nitrogens with zero attached hydrogens (tertiary/aromatic N) is 1. The first-order valence-electron chi connectivity index (χ1n) is 8.84. The number of fused-ring (bicyclic) bond motifs is 1. The highest BCUT2D eigenvalue weighted by molar-refractivity contribution is 9.10. The standard InChI is InChI=1S/C20H21BrN2O3S/c1-3-6-13-9-10-15(14(21)11-13)26-12-18(24)22-20-23-19-16(25-4-2)7-5-8-17(19)27-20/h5,7-11H,3-4,6,12H2,1-2H3,(H,22,23,24). The number of hydrogen-bond donors (Lipinski definition) is 1. The van der Waals surface area contributed by atoms with Crippen molar-refractivity contribution in [3.8, 4) is 11.5 Å². The molecule has 0 radical (unpaired) electrons. The van der Waals surface area contributed by atoms with Gasteiger partial charge in [0.25, 0.3) is 5.91 Å². The number of anilines is 1. The van der Waals surface area contributed by atoms with Crippen LogP contribution >= 0.6 is 27.3 Å². The topological polar surface area (TPSA) is 60.5 Å². The maximum Gasteiger partial charge on any atom is 0.264 e. The molecule has 1 heterocycles. The van der Waals surface area contributed by atoms with Crippen LogP contribution in [0.4, 0.5) is 5.13 Å². The number of aromatic nitrogens is 1. The first-order chi connectivity index (χ1) is 13.1. The van der Waals surface area contributed by atoms with Gasteiger partial charge < -0.3 is 9.47 Å². The normalized spacial score (nSPS) is 10.8. The number of aryl methyl sites for hydroxylation is 1. The first-order valence-corrected chi connectivity index (χ1v) is 10.4. The molecule has 1 aromatic heterocycles. The second kappa shape index (κ2) is 9.19. The van der Waals surface area contributed by atoms with Crippen LogP contribution in [0.15, 0.2) is 40.9 Å². The van der Waals surface area contributed by atoms with Gasteiger partial charge >= 0.3 is 0 Å². The molecule has 5 nitrogen and oxygen atoms in total. The minimum absolute atomic E-state index is 0.0834. The van der Waals surface area contributed by atoms with E-state index in [1.807, 2.05) is 43.3 Å². The summed E-state index contributed by atoms with van der Waals surface area (Å²) in [5.41, 5.74) is 2.00. The average Bonchev–Trinajstić information content (AvgIpc) is 3.05. The van der Waals surface area contributed by atoms with Crippen LogP contribution in [0, 0.1) is 0 Å². The molecule has 2 aromatic carbocycles. The third-order valence-electron chi connectivity index (χ3n) is 3.82. The fourth-order valence-corrected chi connectivity index (χ4v) is 4.09. The lowest BCUT2D eigenvalue weighted by Crippen LogP contribution is -2.20. The lowest BCUT2D eigenvalue weighted by atomic mass is 10.1. The largest absolute Gasteiger partial charge is 0.492 e. The van der Waals surface area contributed by atoms with Crippen LogP contribution in [0.5, 0.6) is 11.5 Å². The minimum atomic E-state index is -0.253. The van der Waals surface area contributed by atoms with E-state index in [4.69, 9.17) is 9.47 Å². The van der Waals surface area contributed by atoms with Crippen LogP contribution < -0.4 is 14.8 Å². The molecular formula is C20H21BrN2O3S. The Morgan fingerprint density at radius 1 is 1.19 bits per heavy atom. The van der Waals surface area contributed by atoms with Gasteiger partial charge in [0, 0.05) is 0 Å². The Hall–Kier alpha value is -2.12. The number of hydrogen-bond acceptors (Lipinski definition) is 5. The van der Waals surface area contributed by atoms with Gasteiger partial charge in [-0.3, -0.25) is 10.1 Å². The number of carbonyl (C=O) groups excluding carboxylic acids is 1. The lowest BCUT2D eigenvalue weighted by Gasteiger charge is -2.09. The number of rotatable bonds is 8. The molecule has 0 bridgehead atoms. The average molecular weight is 449 g/mol. The van der Waals surface area contributed by atoms with Gasteiger partial charge in [0.05, 0.1) is 15.8 Å². The van der Waals surface area contributed by atoms with E-state index in [-0.39, 0.29) is 12.5 Å². The molecule has 3 rings (SSSR count). The Bertz CT molecular complexity index is 942. The van der Waals surface area contributed by atoms with E-state index in [2.05, 4.69) is 33.2 Å². The van der Waals surface area contributed by atoms with Gasteiger partial charge in [-0.2, -0.15) is 0 Å². The number of para-hydroxylation sites is 1. The van der Waals surface area contributed by atoms with Gasteiger partial charge in [0.2, 0.25) is 0 Å². The molecular weight excluding hydrogens is 428 g/mol. The first kappa shape index (κ1) is 19.6. The second-order valence-electron chi connectivity index (χ2n) is 5.91. The summed E-state index contributed by atoms with van der Waals surface area (Å²) < 4.78 is 13.0. The minimum Gasteiger partial charge on any atom is -0.492 e. The van der Waals surface area contributed by atoms with Crippen LogP contribution in [0.3, 0.4) is 0 Å². The quantitative estimate of drug-likeness (QED) is 0.499. The summed E-state index contributed by atoms with van der Waals surface area (Å²) in [5.74, 6) is 1.11. The van der Waals surface area contributed by atoms with E-state index >= 15 is 0 Å². The van der Waals surface area contributed by atoms with Crippen molar-refractivity contribution in [1.82, 2.24) is 4.98 Å². The predicted octanol–water partition coefficient (Wildman–Crippen LogP) is 5.43. The number of carbonyl (C=O) groups is 1. The lowest BCUT2D eigenvalue weighted by molar-refractivity contribution is -0.118. The van der Waals surface area contributed by atoms with Crippen molar-refractivity contribution >= 4 is 48.5 Å². The molecule has 0 saturated heterocycles. The summed E-state index contributed by atoms with van der Waals surface area (Å²) in [7, 11) is 0. The molecule has 0 saturated carbocycles. The summed E-state index contributed by atoms with van der Waals surface area (Å²) >= 11 is 4.91. The summed E-state index contributed by atoms with van der Waals surface area (Å²) in [4.78, 5) is 16.7. The highest BCUT2D eigenvalue weighted by atomic mass is 79.9. The van der Waals surface area contributed by atoms with E-state index < -0.39 is 0 Å². The van der Waals surface area contributed by atoms with Crippen LogP contribution in [-0.2, 0) is 11.2 Å². The van der Waals surface area contributed by atoms with Crippen molar-refractivity contribution in [2.24, 2.45) is 0 Å². The van der Waals surface area contributed by atoms with Crippen molar-refractivity contribution in [3.63, 3.8) is 0 Å².